The van der Waals surface area contributed by atoms with Gasteiger partial charge < -0.3 is 0 Å². The Morgan fingerprint density at radius 3 is 2.82 bits per heavy atom. The van der Waals surface area contributed by atoms with Crippen molar-refractivity contribution in [3.63, 3.8) is 0 Å². The van der Waals surface area contributed by atoms with Gasteiger partial charge >= 0.3 is 0 Å². The van der Waals surface area contributed by atoms with Gasteiger partial charge in [-0.3, -0.25) is 10.1 Å². The van der Waals surface area contributed by atoms with E-state index in [9.17, 15) is 4.79 Å². The Balaban J connectivity index is 2.23. The molecule has 0 saturated carbocycles. The number of carbonyl (C=O) groups excluding carboxylic acids is 1. The van der Waals surface area contributed by atoms with Crippen molar-refractivity contribution >= 4 is 35.1 Å². The van der Waals surface area contributed by atoms with Gasteiger partial charge in [0, 0.05) is 0 Å². The highest BCUT2D eigenvalue weighted by atomic mass is 35.5. The van der Waals surface area contributed by atoms with Gasteiger partial charge in [-0.2, -0.15) is 4.80 Å². The van der Waals surface area contributed by atoms with Crippen molar-refractivity contribution in [1.82, 2.24) is 20.2 Å². The summed E-state index contributed by atoms with van der Waals surface area (Å²) in [6, 6.07) is 4.79. The maximum atomic E-state index is 11.8. The predicted octanol–water partition coefficient (Wildman–Crippen LogP) is 1.77. The smallest absolute Gasteiger partial charge is 0.270 e. The van der Waals surface area contributed by atoms with Crippen LogP contribution in [0.1, 0.15) is 10.4 Å². The second-order valence-corrected chi connectivity index (χ2v) is 3.94. The number of tetrazole rings is 1. The minimum Gasteiger partial charge on any atom is -0.288 e. The van der Waals surface area contributed by atoms with Gasteiger partial charge in [-0.25, -0.2) is 0 Å². The zero-order chi connectivity index (χ0) is 12.4. The van der Waals surface area contributed by atoms with Crippen LogP contribution in [-0.2, 0) is 7.05 Å². The van der Waals surface area contributed by atoms with Crippen molar-refractivity contribution in [3.05, 3.63) is 33.8 Å². The number of carbonyl (C=O) groups is 1. The minimum absolute atomic E-state index is 0.105. The van der Waals surface area contributed by atoms with Crippen LogP contribution in [0.25, 0.3) is 0 Å². The number of anilines is 1. The van der Waals surface area contributed by atoms with E-state index >= 15 is 0 Å². The number of aromatic nitrogens is 4. The van der Waals surface area contributed by atoms with Gasteiger partial charge in [-0.05, 0) is 17.3 Å². The quantitative estimate of drug-likeness (QED) is 0.904. The molecule has 8 heteroatoms. The number of nitrogens with zero attached hydrogens (tertiary/aromatic N) is 4. The molecule has 6 nitrogen and oxygen atoms in total. The van der Waals surface area contributed by atoms with E-state index < -0.39 is 5.91 Å². The number of aryl methyl sites for hydroxylation is 1. The zero-order valence-corrected chi connectivity index (χ0v) is 10.2. The van der Waals surface area contributed by atoms with Crippen molar-refractivity contribution in [3.8, 4) is 0 Å². The summed E-state index contributed by atoms with van der Waals surface area (Å²) in [4.78, 5) is 13.1. The third-order valence-corrected chi connectivity index (χ3v) is 2.75. The van der Waals surface area contributed by atoms with Crippen molar-refractivity contribution in [2.75, 3.05) is 5.32 Å². The highest BCUT2D eigenvalue weighted by molar-refractivity contribution is 6.44. The first kappa shape index (κ1) is 11.8. The maximum absolute atomic E-state index is 11.8. The molecule has 17 heavy (non-hydrogen) atoms. The lowest BCUT2D eigenvalue weighted by Gasteiger charge is -2.04. The fourth-order valence-electron chi connectivity index (χ4n) is 1.18. The van der Waals surface area contributed by atoms with E-state index in [1.807, 2.05) is 0 Å². The van der Waals surface area contributed by atoms with Gasteiger partial charge in [0.15, 0.2) is 0 Å². The third kappa shape index (κ3) is 2.54. The second kappa shape index (κ2) is 4.68. The lowest BCUT2D eigenvalue weighted by atomic mass is 10.2. The van der Waals surface area contributed by atoms with E-state index in [1.165, 1.54) is 4.80 Å². The molecular formula is C9H7Cl2N5O. The number of nitrogens with one attached hydrogen (secondary N) is 1. The van der Waals surface area contributed by atoms with Crippen LogP contribution in [-0.4, -0.2) is 26.1 Å². The van der Waals surface area contributed by atoms with Crippen LogP contribution in [0.3, 0.4) is 0 Å². The molecule has 0 saturated heterocycles. The number of hydrogen-bond acceptors (Lipinski definition) is 4. The van der Waals surface area contributed by atoms with Crippen molar-refractivity contribution in [2.24, 2.45) is 7.05 Å². The first-order valence-corrected chi connectivity index (χ1v) is 5.33. The summed E-state index contributed by atoms with van der Waals surface area (Å²) in [5.74, 6) is -0.334. The molecule has 0 atom stereocenters. The van der Waals surface area contributed by atoms with E-state index in [-0.39, 0.29) is 16.5 Å². The second-order valence-electron chi connectivity index (χ2n) is 3.16. The van der Waals surface area contributed by atoms with E-state index in [0.29, 0.717) is 5.02 Å². The minimum atomic E-state index is -0.439. The number of rotatable bonds is 2. The van der Waals surface area contributed by atoms with E-state index in [2.05, 4.69) is 20.7 Å². The van der Waals surface area contributed by atoms with Gasteiger partial charge in [-0.15, -0.1) is 5.10 Å². The van der Waals surface area contributed by atoms with Gasteiger partial charge in [-0.1, -0.05) is 34.4 Å². The Morgan fingerprint density at radius 2 is 2.18 bits per heavy atom. The molecule has 0 aliphatic rings. The molecule has 1 aromatic carbocycles. The molecule has 1 amide bonds. The summed E-state index contributed by atoms with van der Waals surface area (Å²) >= 11 is 11.7. The maximum Gasteiger partial charge on any atom is 0.270 e. The summed E-state index contributed by atoms with van der Waals surface area (Å²) in [5.41, 5.74) is 0.256. The standard InChI is InChI=1S/C9H7Cl2N5O/c1-16-14-9(13-15-16)12-8(17)5-3-2-4-6(10)7(5)11/h2-4H,1H3,(H,12,14,17). The van der Waals surface area contributed by atoms with Crippen LogP contribution in [0.15, 0.2) is 18.2 Å². The molecule has 0 aliphatic heterocycles. The first-order valence-electron chi connectivity index (χ1n) is 4.57. The highest BCUT2D eigenvalue weighted by Gasteiger charge is 2.14. The summed E-state index contributed by atoms with van der Waals surface area (Å²) < 4.78 is 0. The van der Waals surface area contributed by atoms with Crippen LogP contribution in [0.4, 0.5) is 5.95 Å². The molecule has 88 valence electrons. The van der Waals surface area contributed by atoms with E-state index in [4.69, 9.17) is 23.2 Å². The Hall–Kier alpha value is -1.66. The molecule has 0 unspecified atom stereocenters. The summed E-state index contributed by atoms with van der Waals surface area (Å²) in [6.45, 7) is 0. The highest BCUT2D eigenvalue weighted by Crippen LogP contribution is 2.25. The average molecular weight is 272 g/mol. The molecular weight excluding hydrogens is 265 g/mol. The molecule has 2 aromatic rings. The Bertz CT molecular complexity index is 568. The molecule has 0 spiro atoms. The fourth-order valence-corrected chi connectivity index (χ4v) is 1.57. The van der Waals surface area contributed by atoms with Crippen molar-refractivity contribution in [2.45, 2.75) is 0 Å². The molecule has 0 bridgehead atoms. The molecule has 1 N–H and O–H groups in total. The number of benzene rings is 1. The summed E-state index contributed by atoms with van der Waals surface area (Å²) in [7, 11) is 1.59. The van der Waals surface area contributed by atoms with Crippen LogP contribution < -0.4 is 5.32 Å². The summed E-state index contributed by atoms with van der Waals surface area (Å²) in [6.07, 6.45) is 0. The normalized spacial score (nSPS) is 10.3. The number of amides is 1. The monoisotopic (exact) mass is 271 g/mol. The van der Waals surface area contributed by atoms with Gasteiger partial charge in [0.1, 0.15) is 0 Å². The largest absolute Gasteiger partial charge is 0.288 e. The Labute approximate surface area is 107 Å². The van der Waals surface area contributed by atoms with Crippen molar-refractivity contribution in [1.29, 1.82) is 0 Å². The van der Waals surface area contributed by atoms with Crippen LogP contribution >= 0.6 is 23.2 Å². The van der Waals surface area contributed by atoms with Crippen LogP contribution in [0.2, 0.25) is 10.0 Å². The van der Waals surface area contributed by atoms with Crippen LogP contribution in [0, 0.1) is 0 Å². The first-order chi connectivity index (χ1) is 8.08. The molecule has 0 radical (unpaired) electrons. The molecule has 1 heterocycles. The Morgan fingerprint density at radius 1 is 1.41 bits per heavy atom. The lowest BCUT2D eigenvalue weighted by Crippen LogP contribution is -2.13. The van der Waals surface area contributed by atoms with Gasteiger partial charge in [0.05, 0.1) is 22.7 Å². The molecule has 2 rings (SSSR count). The van der Waals surface area contributed by atoms with Crippen LogP contribution in [0.5, 0.6) is 0 Å². The number of hydrogen-bond donors (Lipinski definition) is 1. The van der Waals surface area contributed by atoms with E-state index in [1.54, 1.807) is 25.2 Å². The SMILES string of the molecule is Cn1nnc(NC(=O)c2cccc(Cl)c2Cl)n1. The summed E-state index contributed by atoms with van der Waals surface area (Å²) in [5, 5.41) is 14.0. The van der Waals surface area contributed by atoms with Gasteiger partial charge in [0.25, 0.3) is 11.9 Å². The molecule has 1 aromatic heterocycles. The fraction of sp³-hybridized carbons (Fsp3) is 0.111. The zero-order valence-electron chi connectivity index (χ0n) is 8.69. The lowest BCUT2D eigenvalue weighted by molar-refractivity contribution is 0.102. The topological polar surface area (TPSA) is 72.7 Å². The molecule has 0 fully saturated rings. The van der Waals surface area contributed by atoms with Crippen molar-refractivity contribution < 1.29 is 4.79 Å². The number of halogens is 2. The predicted molar refractivity (Wildman–Crippen MR) is 63.2 cm³/mol. The third-order valence-electron chi connectivity index (χ3n) is 1.93. The van der Waals surface area contributed by atoms with Gasteiger partial charge in [0.2, 0.25) is 0 Å². The Kier molecular flexibility index (Phi) is 3.26. The van der Waals surface area contributed by atoms with E-state index in [0.717, 1.165) is 0 Å². The molecule has 0 aliphatic carbocycles. The average Bonchev–Trinajstić information content (AvgIpc) is 2.68.